The third-order valence-electron chi connectivity index (χ3n) is 4.52. The van der Waals surface area contributed by atoms with Crippen molar-refractivity contribution in [3.8, 4) is 0 Å². The van der Waals surface area contributed by atoms with Crippen LogP contribution in [0.2, 0.25) is 0 Å². The highest BCUT2D eigenvalue weighted by Gasteiger charge is 2.19. The largest absolute Gasteiger partial charge is 0.378 e. The van der Waals surface area contributed by atoms with Crippen molar-refractivity contribution in [3.05, 3.63) is 33.9 Å². The van der Waals surface area contributed by atoms with Gasteiger partial charge in [0.15, 0.2) is 0 Å². The van der Waals surface area contributed by atoms with Crippen molar-refractivity contribution in [2.75, 3.05) is 26.2 Å². The normalized spacial score (nSPS) is 17.1. The van der Waals surface area contributed by atoms with Gasteiger partial charge in [0.1, 0.15) is 0 Å². The van der Waals surface area contributed by atoms with Crippen LogP contribution in [0.15, 0.2) is 29.1 Å². The zero-order chi connectivity index (χ0) is 16.1. The predicted octanol–water partition coefficient (Wildman–Crippen LogP) is 3.34. The van der Waals surface area contributed by atoms with Gasteiger partial charge in [-0.3, -0.25) is 9.36 Å². The van der Waals surface area contributed by atoms with Gasteiger partial charge in [-0.2, -0.15) is 0 Å². The Labute approximate surface area is 141 Å². The van der Waals surface area contributed by atoms with E-state index in [0.717, 1.165) is 68.7 Å². The van der Waals surface area contributed by atoms with Crippen LogP contribution in [0.1, 0.15) is 32.6 Å². The first-order chi connectivity index (χ1) is 11.3. The summed E-state index contributed by atoms with van der Waals surface area (Å²) in [5, 5.41) is 0. The molecule has 0 N–H and O–H groups in total. The summed E-state index contributed by atoms with van der Waals surface area (Å²) in [7, 11) is 0. The monoisotopic (exact) mass is 334 g/mol. The zero-order valence-corrected chi connectivity index (χ0v) is 14.7. The highest BCUT2D eigenvalue weighted by molar-refractivity contribution is 7.16. The van der Waals surface area contributed by atoms with Crippen molar-refractivity contribution in [3.63, 3.8) is 0 Å². The maximum Gasteiger partial charge on any atom is 0.308 e. The fourth-order valence-corrected chi connectivity index (χ4v) is 4.18. The average Bonchev–Trinajstić information content (AvgIpc) is 2.90. The van der Waals surface area contributed by atoms with Gasteiger partial charge >= 0.3 is 4.87 Å². The third kappa shape index (κ3) is 4.22. The Balaban J connectivity index is 1.47. The number of likely N-dealkylation sites (tertiary alicyclic amines) is 1. The second kappa shape index (κ2) is 8.08. The smallest absolute Gasteiger partial charge is 0.308 e. The maximum absolute atomic E-state index is 12.1. The summed E-state index contributed by atoms with van der Waals surface area (Å²) in [6, 6.07) is 8.07. The molecule has 0 unspecified atom stereocenters. The lowest BCUT2D eigenvalue weighted by Crippen LogP contribution is -2.38. The lowest BCUT2D eigenvalue weighted by Gasteiger charge is -2.31. The molecule has 1 aliphatic rings. The Morgan fingerprint density at radius 3 is 2.78 bits per heavy atom. The number of hydrogen-bond acceptors (Lipinski definition) is 4. The summed E-state index contributed by atoms with van der Waals surface area (Å²) < 4.78 is 8.85. The molecule has 0 saturated carbocycles. The van der Waals surface area contributed by atoms with Crippen LogP contribution < -0.4 is 4.87 Å². The fraction of sp³-hybridized carbons (Fsp3) is 0.611. The highest BCUT2D eigenvalue weighted by Crippen LogP contribution is 2.17. The number of thiazole rings is 1. The van der Waals surface area contributed by atoms with Gasteiger partial charge < -0.3 is 9.64 Å². The molecule has 1 aliphatic heterocycles. The van der Waals surface area contributed by atoms with E-state index in [0.29, 0.717) is 6.10 Å². The number of piperidine rings is 1. The summed E-state index contributed by atoms with van der Waals surface area (Å²) >= 11 is 1.35. The number of rotatable bonds is 7. The molecule has 1 fully saturated rings. The number of para-hydroxylation sites is 1. The number of nitrogens with zero attached hydrogens (tertiary/aromatic N) is 2. The minimum absolute atomic E-state index is 0.165. The summed E-state index contributed by atoms with van der Waals surface area (Å²) in [5.41, 5.74) is 1.08. The molecule has 0 spiro atoms. The van der Waals surface area contributed by atoms with Crippen molar-refractivity contribution in [2.45, 2.75) is 45.3 Å². The maximum atomic E-state index is 12.1. The van der Waals surface area contributed by atoms with E-state index in [9.17, 15) is 4.79 Å². The minimum atomic E-state index is 0.165. The van der Waals surface area contributed by atoms with Crippen molar-refractivity contribution >= 4 is 21.6 Å². The first kappa shape index (κ1) is 16.7. The van der Waals surface area contributed by atoms with Crippen LogP contribution in [0.4, 0.5) is 0 Å². The molecule has 0 atom stereocenters. The lowest BCUT2D eigenvalue weighted by atomic mass is 10.1. The van der Waals surface area contributed by atoms with E-state index in [4.69, 9.17) is 4.74 Å². The van der Waals surface area contributed by atoms with Crippen molar-refractivity contribution in [1.82, 2.24) is 9.47 Å². The van der Waals surface area contributed by atoms with Gasteiger partial charge in [0.05, 0.1) is 16.3 Å². The topological polar surface area (TPSA) is 34.5 Å². The molecule has 0 aliphatic carbocycles. The Kier molecular flexibility index (Phi) is 5.86. The number of ether oxygens (including phenoxy) is 1. The summed E-state index contributed by atoms with van der Waals surface area (Å²) in [6.07, 6.45) is 4.86. The molecule has 126 valence electrons. The van der Waals surface area contributed by atoms with E-state index in [1.807, 2.05) is 28.8 Å². The van der Waals surface area contributed by atoms with Crippen LogP contribution in [-0.4, -0.2) is 41.8 Å². The molecule has 4 nitrogen and oxygen atoms in total. The van der Waals surface area contributed by atoms with Crippen LogP contribution in [-0.2, 0) is 11.3 Å². The van der Waals surface area contributed by atoms with Crippen LogP contribution in [0.5, 0.6) is 0 Å². The molecule has 0 amide bonds. The molecule has 1 saturated heterocycles. The predicted molar refractivity (Wildman–Crippen MR) is 96.4 cm³/mol. The molecule has 2 aromatic rings. The number of aromatic nitrogens is 1. The third-order valence-corrected chi connectivity index (χ3v) is 5.48. The van der Waals surface area contributed by atoms with Crippen LogP contribution in [0, 0.1) is 0 Å². The molecule has 5 heteroatoms. The van der Waals surface area contributed by atoms with Gasteiger partial charge in [-0.1, -0.05) is 30.4 Å². The number of fused-ring (bicyclic) bond motifs is 1. The van der Waals surface area contributed by atoms with Gasteiger partial charge in [0.25, 0.3) is 0 Å². The van der Waals surface area contributed by atoms with Crippen LogP contribution in [0.25, 0.3) is 10.2 Å². The molecular weight excluding hydrogens is 308 g/mol. The molecule has 2 heterocycles. The number of aryl methyl sites for hydroxylation is 1. The molecule has 1 aromatic carbocycles. The second-order valence-corrected chi connectivity index (χ2v) is 7.25. The summed E-state index contributed by atoms with van der Waals surface area (Å²) in [5.74, 6) is 0. The lowest BCUT2D eigenvalue weighted by molar-refractivity contribution is 0.00758. The molecule has 0 bridgehead atoms. The summed E-state index contributed by atoms with van der Waals surface area (Å²) in [6.45, 7) is 7.16. The van der Waals surface area contributed by atoms with E-state index in [2.05, 4.69) is 11.8 Å². The fourth-order valence-electron chi connectivity index (χ4n) is 3.26. The Morgan fingerprint density at radius 1 is 1.22 bits per heavy atom. The SMILES string of the molecule is CCCOC1CCN(CCCn2c(=O)sc3ccccc32)CC1. The van der Waals surface area contributed by atoms with Crippen molar-refractivity contribution in [1.29, 1.82) is 0 Å². The Morgan fingerprint density at radius 2 is 2.00 bits per heavy atom. The molecule has 3 rings (SSSR count). The van der Waals surface area contributed by atoms with E-state index < -0.39 is 0 Å². The highest BCUT2D eigenvalue weighted by atomic mass is 32.1. The van der Waals surface area contributed by atoms with Crippen molar-refractivity contribution in [2.24, 2.45) is 0 Å². The second-order valence-electron chi connectivity index (χ2n) is 6.25. The van der Waals surface area contributed by atoms with E-state index in [-0.39, 0.29) is 4.87 Å². The first-order valence-corrected chi connectivity index (χ1v) is 9.52. The molecule has 0 radical (unpaired) electrons. The van der Waals surface area contributed by atoms with Crippen LogP contribution in [0.3, 0.4) is 0 Å². The van der Waals surface area contributed by atoms with E-state index in [1.54, 1.807) is 0 Å². The Bertz CT molecular complexity index is 671. The van der Waals surface area contributed by atoms with Gasteiger partial charge in [0.2, 0.25) is 0 Å². The Hall–Kier alpha value is -1.17. The zero-order valence-electron chi connectivity index (χ0n) is 13.9. The molecular formula is C18H26N2O2S. The number of hydrogen-bond donors (Lipinski definition) is 0. The molecule has 23 heavy (non-hydrogen) atoms. The van der Waals surface area contributed by atoms with E-state index >= 15 is 0 Å². The van der Waals surface area contributed by atoms with Gasteiger partial charge in [-0.05, 0) is 44.4 Å². The van der Waals surface area contributed by atoms with Gasteiger partial charge in [0, 0.05) is 26.2 Å². The standard InChI is InChI=1S/C18H26N2O2S/c1-2-14-22-15-8-12-19(13-9-15)10-5-11-20-16-6-3-4-7-17(16)23-18(20)21/h3-4,6-7,15H,2,5,8-14H2,1H3. The van der Waals surface area contributed by atoms with Gasteiger partial charge in [-0.25, -0.2) is 0 Å². The molecule has 1 aromatic heterocycles. The van der Waals surface area contributed by atoms with E-state index in [1.165, 1.54) is 11.3 Å². The summed E-state index contributed by atoms with van der Waals surface area (Å²) in [4.78, 5) is 14.8. The number of benzene rings is 1. The van der Waals surface area contributed by atoms with Gasteiger partial charge in [-0.15, -0.1) is 0 Å². The quantitative estimate of drug-likeness (QED) is 0.779. The first-order valence-electron chi connectivity index (χ1n) is 8.70. The minimum Gasteiger partial charge on any atom is -0.378 e. The van der Waals surface area contributed by atoms with Crippen molar-refractivity contribution < 1.29 is 4.74 Å². The van der Waals surface area contributed by atoms with Crippen LogP contribution >= 0.6 is 11.3 Å². The average molecular weight is 334 g/mol.